The third-order valence-electron chi connectivity index (χ3n) is 15.6. The molecule has 0 fully saturated rings. The fraction of sp³-hybridized carbons (Fsp3) is 0.912. The van der Waals surface area contributed by atoms with Gasteiger partial charge < -0.3 is 28.5 Å². The van der Waals surface area contributed by atoms with Crippen LogP contribution in [0.5, 0.6) is 0 Å². The second-order valence-corrected chi connectivity index (χ2v) is 26.1. The maximum absolute atomic E-state index is 13.5. The molecule has 0 rings (SSSR count). The molecule has 0 saturated carbocycles. The van der Waals surface area contributed by atoms with Crippen molar-refractivity contribution in [3.05, 3.63) is 24.3 Å². The molecule has 462 valence electrons. The molecule has 0 aliphatic heterocycles. The molecule has 0 aromatic rings. The molecule has 1 N–H and O–H groups in total. The molecule has 0 bridgehead atoms. The summed E-state index contributed by atoms with van der Waals surface area (Å²) in [6.45, 7) is 6.89. The first-order chi connectivity index (χ1) is 37.9. The largest absolute Gasteiger partial charge is 0.756 e. The van der Waals surface area contributed by atoms with Gasteiger partial charge in [0, 0.05) is 12.8 Å². The molecule has 0 heterocycles. The molecule has 78 heavy (non-hydrogen) atoms. The number of unbranched alkanes of at least 4 members (excludes halogenated alkanes) is 45. The number of esters is 1. The van der Waals surface area contributed by atoms with Crippen molar-refractivity contribution in [1.29, 1.82) is 0 Å². The standard InChI is InChI=1S/C68H133N2O7P/c1-7-10-13-16-19-22-25-27-29-31-32-33-34-35-36-37-38-39-41-43-46-49-52-55-58-61-68(72)77-66(59-56-53-50-47-44-24-21-18-15-12-9-3)65(64-76-78(73,74)75-63-62-70(4,5)6)69-67(71)60-57-54-51-48-45-42-40-30-28-26-23-20-17-14-11-8-2/h27,29,56,59,65-66H,7-26,28,30-55,57-58,60-64H2,1-6H3,(H-,69,71,73,74)/b29-27+,59-56+. The van der Waals surface area contributed by atoms with Crippen LogP contribution in [0.3, 0.4) is 0 Å². The first-order valence-electron chi connectivity index (χ1n) is 34.1. The Morgan fingerprint density at radius 1 is 0.436 bits per heavy atom. The number of carbonyl (C=O) groups is 2. The fourth-order valence-electron chi connectivity index (χ4n) is 10.3. The van der Waals surface area contributed by atoms with Crippen molar-refractivity contribution >= 4 is 19.7 Å². The Kier molecular flexibility index (Phi) is 57.5. The van der Waals surface area contributed by atoms with E-state index >= 15 is 0 Å². The van der Waals surface area contributed by atoms with Gasteiger partial charge in [-0.2, -0.15) is 0 Å². The highest BCUT2D eigenvalue weighted by Gasteiger charge is 2.27. The molecule has 0 radical (unpaired) electrons. The lowest BCUT2D eigenvalue weighted by Gasteiger charge is -2.30. The Labute approximate surface area is 485 Å². The summed E-state index contributed by atoms with van der Waals surface area (Å²) in [6, 6.07) is -0.881. The predicted octanol–water partition coefficient (Wildman–Crippen LogP) is 20.7. The van der Waals surface area contributed by atoms with Crippen molar-refractivity contribution in [2.45, 2.75) is 360 Å². The zero-order valence-electron chi connectivity index (χ0n) is 52.9. The molecule has 9 nitrogen and oxygen atoms in total. The molecular formula is C68H133N2O7P. The van der Waals surface area contributed by atoms with Gasteiger partial charge in [-0.15, -0.1) is 0 Å². The topological polar surface area (TPSA) is 114 Å². The van der Waals surface area contributed by atoms with Crippen LogP contribution in [0.25, 0.3) is 0 Å². The van der Waals surface area contributed by atoms with E-state index in [-0.39, 0.29) is 31.5 Å². The zero-order chi connectivity index (χ0) is 57.2. The number of phosphoric acid groups is 1. The van der Waals surface area contributed by atoms with Crippen LogP contribution in [0.1, 0.15) is 348 Å². The van der Waals surface area contributed by atoms with Gasteiger partial charge in [0.15, 0.2) is 0 Å². The number of amides is 1. The van der Waals surface area contributed by atoms with Crippen LogP contribution in [0.2, 0.25) is 0 Å². The van der Waals surface area contributed by atoms with Crippen LogP contribution in [-0.2, 0) is 27.9 Å². The molecule has 0 spiro atoms. The summed E-state index contributed by atoms with van der Waals surface area (Å²) in [4.78, 5) is 40.0. The molecule has 3 unspecified atom stereocenters. The van der Waals surface area contributed by atoms with Gasteiger partial charge in [0.05, 0.1) is 33.8 Å². The highest BCUT2D eigenvalue weighted by molar-refractivity contribution is 7.45. The van der Waals surface area contributed by atoms with E-state index in [0.717, 1.165) is 57.8 Å². The molecule has 10 heteroatoms. The Morgan fingerprint density at radius 3 is 1.09 bits per heavy atom. The normalized spacial score (nSPS) is 13.7. The van der Waals surface area contributed by atoms with Gasteiger partial charge in [0.1, 0.15) is 19.3 Å². The number of carbonyl (C=O) groups excluding carboxylic acids is 2. The highest BCUT2D eigenvalue weighted by atomic mass is 31.2. The number of likely N-dealkylation sites (N-methyl/N-ethyl adjacent to an activating group) is 1. The molecule has 0 aromatic carbocycles. The monoisotopic (exact) mass is 1120 g/mol. The molecule has 0 aliphatic rings. The Hall–Kier alpha value is -1.51. The minimum Gasteiger partial charge on any atom is -0.756 e. The number of phosphoric ester groups is 1. The number of quaternary nitrogens is 1. The van der Waals surface area contributed by atoms with Gasteiger partial charge in [-0.25, -0.2) is 0 Å². The zero-order valence-corrected chi connectivity index (χ0v) is 53.8. The summed E-state index contributed by atoms with van der Waals surface area (Å²) >= 11 is 0. The minimum absolute atomic E-state index is 0.0180. The van der Waals surface area contributed by atoms with Crippen LogP contribution >= 0.6 is 7.82 Å². The fourth-order valence-corrected chi connectivity index (χ4v) is 11.1. The summed E-state index contributed by atoms with van der Waals surface area (Å²) in [5, 5.41) is 3.04. The lowest BCUT2D eigenvalue weighted by atomic mass is 10.0. The van der Waals surface area contributed by atoms with Crippen molar-refractivity contribution in [2.75, 3.05) is 40.9 Å². The van der Waals surface area contributed by atoms with Crippen LogP contribution in [0.4, 0.5) is 0 Å². The van der Waals surface area contributed by atoms with Crippen molar-refractivity contribution in [1.82, 2.24) is 5.32 Å². The van der Waals surface area contributed by atoms with Crippen molar-refractivity contribution in [3.63, 3.8) is 0 Å². The van der Waals surface area contributed by atoms with Crippen LogP contribution < -0.4 is 10.2 Å². The Balaban J connectivity index is 5.00. The molecular weight excluding hydrogens is 988 g/mol. The average molecular weight is 1120 g/mol. The van der Waals surface area contributed by atoms with E-state index in [9.17, 15) is 19.0 Å². The van der Waals surface area contributed by atoms with Gasteiger partial charge >= 0.3 is 5.97 Å². The second kappa shape index (κ2) is 58.7. The van der Waals surface area contributed by atoms with Crippen molar-refractivity contribution in [3.8, 4) is 0 Å². The van der Waals surface area contributed by atoms with Crippen LogP contribution in [0.15, 0.2) is 24.3 Å². The number of allylic oxidation sites excluding steroid dienone is 3. The maximum Gasteiger partial charge on any atom is 0.306 e. The summed E-state index contributed by atoms with van der Waals surface area (Å²) in [5.74, 6) is -0.520. The van der Waals surface area contributed by atoms with Gasteiger partial charge in [-0.05, 0) is 57.4 Å². The lowest BCUT2D eigenvalue weighted by molar-refractivity contribution is -0.870. The SMILES string of the molecule is CCCCCCCC/C=C/CCCCCCCCCCCCCCCCCC(=O)OC(/C=C/CCCCCCCCCCC)C(COP(=O)([O-])OCC[N+](C)(C)C)NC(=O)CCCCCCCCCCCCCCCCCC. The first kappa shape index (κ1) is 76.5. The van der Waals surface area contributed by atoms with Crippen LogP contribution in [0, 0.1) is 0 Å². The third-order valence-corrected chi connectivity index (χ3v) is 16.6. The van der Waals surface area contributed by atoms with E-state index in [2.05, 4.69) is 38.2 Å². The molecule has 0 saturated heterocycles. The van der Waals surface area contributed by atoms with Gasteiger partial charge in [0.25, 0.3) is 7.82 Å². The summed E-state index contributed by atoms with van der Waals surface area (Å²) in [6.07, 6.45) is 70.1. The van der Waals surface area contributed by atoms with E-state index in [0.29, 0.717) is 17.4 Å². The van der Waals surface area contributed by atoms with Crippen LogP contribution in [-0.4, -0.2) is 69.4 Å². The number of hydrogen-bond acceptors (Lipinski definition) is 7. The summed E-state index contributed by atoms with van der Waals surface area (Å²) < 4.78 is 30.4. The minimum atomic E-state index is -4.69. The summed E-state index contributed by atoms with van der Waals surface area (Å²) in [5.41, 5.74) is 0. The van der Waals surface area contributed by atoms with Gasteiger partial charge in [-0.3, -0.25) is 14.2 Å². The number of nitrogens with zero attached hydrogens (tertiary/aromatic N) is 1. The Morgan fingerprint density at radius 2 is 0.744 bits per heavy atom. The summed E-state index contributed by atoms with van der Waals surface area (Å²) in [7, 11) is 1.21. The van der Waals surface area contributed by atoms with E-state index in [4.69, 9.17) is 13.8 Å². The highest BCUT2D eigenvalue weighted by Crippen LogP contribution is 2.38. The average Bonchev–Trinajstić information content (AvgIpc) is 3.41. The van der Waals surface area contributed by atoms with E-state index < -0.39 is 20.0 Å². The molecule has 3 atom stereocenters. The smallest absolute Gasteiger partial charge is 0.306 e. The van der Waals surface area contributed by atoms with Crippen molar-refractivity contribution < 1.29 is 37.3 Å². The van der Waals surface area contributed by atoms with E-state index in [1.807, 2.05) is 33.3 Å². The predicted molar refractivity (Wildman–Crippen MR) is 335 cm³/mol. The number of nitrogens with one attached hydrogen (secondary N) is 1. The number of ether oxygens (including phenoxy) is 1. The molecule has 1 amide bonds. The Bertz CT molecular complexity index is 1380. The number of hydrogen-bond donors (Lipinski definition) is 1. The maximum atomic E-state index is 13.5. The van der Waals surface area contributed by atoms with E-state index in [1.54, 1.807) is 0 Å². The van der Waals surface area contributed by atoms with Crippen molar-refractivity contribution in [2.24, 2.45) is 0 Å². The van der Waals surface area contributed by atoms with Gasteiger partial charge in [0.2, 0.25) is 5.91 Å². The quantitative estimate of drug-likeness (QED) is 0.0212. The molecule has 0 aromatic heterocycles. The lowest BCUT2D eigenvalue weighted by Crippen LogP contribution is -2.47. The third kappa shape index (κ3) is 59.1. The first-order valence-corrected chi connectivity index (χ1v) is 35.6. The molecule has 0 aliphatic carbocycles. The van der Waals surface area contributed by atoms with Gasteiger partial charge in [-0.1, -0.05) is 302 Å². The second-order valence-electron chi connectivity index (χ2n) is 24.7. The van der Waals surface area contributed by atoms with E-state index in [1.165, 1.54) is 257 Å². The number of rotatable bonds is 63.